The third kappa shape index (κ3) is 2.40. The Kier molecular flexibility index (Phi) is 3.63. The molecule has 0 spiro atoms. The van der Waals surface area contributed by atoms with Gasteiger partial charge in [0.2, 0.25) is 0 Å². The average molecular weight is 349 g/mol. The highest BCUT2D eigenvalue weighted by Gasteiger charge is 2.22. The number of fused-ring (bicyclic) bond motifs is 1. The summed E-state index contributed by atoms with van der Waals surface area (Å²) in [5.74, 6) is 0.763. The normalized spacial score (nSPS) is 13.0. The van der Waals surface area contributed by atoms with Gasteiger partial charge in [0.25, 0.3) is 0 Å². The van der Waals surface area contributed by atoms with Crippen LogP contribution in [0, 0.1) is 13.8 Å². The van der Waals surface area contributed by atoms with E-state index in [1.54, 1.807) is 4.68 Å². The molecule has 4 nitrogen and oxygen atoms in total. The summed E-state index contributed by atoms with van der Waals surface area (Å²) in [6, 6.07) is 7.79. The molecule has 0 aliphatic heterocycles. The van der Waals surface area contributed by atoms with E-state index in [9.17, 15) is 5.11 Å². The number of aliphatic hydroxyl groups excluding tert-OH is 1. The summed E-state index contributed by atoms with van der Waals surface area (Å²) < 4.78 is 8.49. The van der Waals surface area contributed by atoms with E-state index in [2.05, 4.69) is 21.0 Å². The third-order valence-electron chi connectivity index (χ3n) is 3.80. The summed E-state index contributed by atoms with van der Waals surface area (Å²) >= 11 is 3.54. The molecule has 21 heavy (non-hydrogen) atoms. The van der Waals surface area contributed by atoms with Gasteiger partial charge in [-0.15, -0.1) is 0 Å². The van der Waals surface area contributed by atoms with Crippen molar-refractivity contribution in [1.82, 2.24) is 9.78 Å². The maximum atomic E-state index is 10.7. The second kappa shape index (κ2) is 5.31. The predicted octanol–water partition coefficient (Wildman–Crippen LogP) is 3.82. The van der Waals surface area contributed by atoms with E-state index in [0.717, 1.165) is 38.2 Å². The van der Waals surface area contributed by atoms with E-state index < -0.39 is 6.10 Å². The lowest BCUT2D eigenvalue weighted by Crippen LogP contribution is -2.07. The smallest absolute Gasteiger partial charge is 0.134 e. The first-order chi connectivity index (χ1) is 9.99. The molecule has 0 aliphatic rings. The van der Waals surface area contributed by atoms with Gasteiger partial charge in [0.05, 0.1) is 22.0 Å². The molecular weight excluding hydrogens is 332 g/mol. The Morgan fingerprint density at radius 1 is 1.33 bits per heavy atom. The van der Waals surface area contributed by atoms with Crippen molar-refractivity contribution in [2.45, 2.75) is 26.4 Å². The zero-order chi connectivity index (χ0) is 15.1. The molecule has 0 radical (unpaired) electrons. The number of aromatic nitrogens is 2. The van der Waals surface area contributed by atoms with Crippen LogP contribution in [0.4, 0.5) is 0 Å². The Bertz CT molecular complexity index is 804. The molecule has 0 fully saturated rings. The van der Waals surface area contributed by atoms with Crippen LogP contribution in [0.3, 0.4) is 0 Å². The molecule has 2 aromatic heterocycles. The molecule has 3 rings (SSSR count). The van der Waals surface area contributed by atoms with Crippen LogP contribution in [0.15, 0.2) is 33.2 Å². The number of benzene rings is 1. The maximum Gasteiger partial charge on any atom is 0.134 e. The molecule has 0 saturated carbocycles. The van der Waals surface area contributed by atoms with Gasteiger partial charge < -0.3 is 9.52 Å². The second-order valence-corrected chi connectivity index (χ2v) is 6.05. The van der Waals surface area contributed by atoms with E-state index in [-0.39, 0.29) is 0 Å². The zero-order valence-electron chi connectivity index (χ0n) is 12.2. The van der Waals surface area contributed by atoms with Gasteiger partial charge in [0.1, 0.15) is 11.3 Å². The topological polar surface area (TPSA) is 51.2 Å². The fourth-order valence-corrected chi connectivity index (χ4v) is 3.29. The number of aryl methyl sites for hydroxylation is 3. The van der Waals surface area contributed by atoms with E-state index >= 15 is 0 Å². The number of furan rings is 1. The molecule has 3 aromatic rings. The predicted molar refractivity (Wildman–Crippen MR) is 85.3 cm³/mol. The van der Waals surface area contributed by atoms with Gasteiger partial charge in [0, 0.05) is 24.4 Å². The van der Waals surface area contributed by atoms with Gasteiger partial charge in [-0.05, 0) is 35.8 Å². The largest absolute Gasteiger partial charge is 0.461 e. The second-order valence-electron chi connectivity index (χ2n) is 5.26. The van der Waals surface area contributed by atoms with Crippen LogP contribution in [0.25, 0.3) is 11.0 Å². The van der Waals surface area contributed by atoms with Crippen molar-refractivity contribution in [3.63, 3.8) is 0 Å². The van der Waals surface area contributed by atoms with Crippen molar-refractivity contribution in [1.29, 1.82) is 0 Å². The Balaban J connectivity index is 2.01. The van der Waals surface area contributed by atoms with Crippen molar-refractivity contribution >= 4 is 26.9 Å². The van der Waals surface area contributed by atoms with Crippen LogP contribution >= 0.6 is 15.9 Å². The van der Waals surface area contributed by atoms with Gasteiger partial charge in [0.15, 0.2) is 0 Å². The Morgan fingerprint density at radius 2 is 2.05 bits per heavy atom. The molecule has 5 heteroatoms. The molecule has 0 amide bonds. The molecular formula is C16H17BrN2O2. The molecule has 1 aromatic carbocycles. The van der Waals surface area contributed by atoms with Gasteiger partial charge in [-0.25, -0.2) is 0 Å². The van der Waals surface area contributed by atoms with Crippen LogP contribution in [-0.2, 0) is 13.5 Å². The first-order valence-electron chi connectivity index (χ1n) is 6.83. The van der Waals surface area contributed by atoms with Crippen LogP contribution in [0.1, 0.15) is 28.8 Å². The SMILES string of the molecule is Cc1nn(C)c(CC(O)c2c(C)oc3ccccc23)c1Br. The van der Waals surface area contributed by atoms with Crippen LogP contribution < -0.4 is 0 Å². The van der Waals surface area contributed by atoms with Gasteiger partial charge in [-0.3, -0.25) is 4.68 Å². The fourth-order valence-electron chi connectivity index (χ4n) is 2.79. The first-order valence-corrected chi connectivity index (χ1v) is 7.62. The number of para-hydroxylation sites is 1. The van der Waals surface area contributed by atoms with Crippen molar-refractivity contribution in [2.75, 3.05) is 0 Å². The number of halogens is 1. The van der Waals surface area contributed by atoms with E-state index in [1.165, 1.54) is 0 Å². The van der Waals surface area contributed by atoms with Crippen LogP contribution in [0.5, 0.6) is 0 Å². The lowest BCUT2D eigenvalue weighted by Gasteiger charge is -2.11. The lowest BCUT2D eigenvalue weighted by molar-refractivity contribution is 0.175. The average Bonchev–Trinajstić information content (AvgIpc) is 2.89. The van der Waals surface area contributed by atoms with Gasteiger partial charge in [-0.2, -0.15) is 5.10 Å². The van der Waals surface area contributed by atoms with E-state index in [4.69, 9.17) is 4.42 Å². The molecule has 0 bridgehead atoms. The van der Waals surface area contributed by atoms with Crippen LogP contribution in [-0.4, -0.2) is 14.9 Å². The highest BCUT2D eigenvalue weighted by atomic mass is 79.9. The standard InChI is InChI=1S/C16H17BrN2O2/c1-9-16(17)12(19(3)18-9)8-13(20)15-10(2)21-14-7-5-4-6-11(14)15/h4-7,13,20H,8H2,1-3H3. The van der Waals surface area contributed by atoms with E-state index in [1.807, 2.05) is 45.2 Å². The summed E-state index contributed by atoms with van der Waals surface area (Å²) in [6.07, 6.45) is -0.137. The highest BCUT2D eigenvalue weighted by molar-refractivity contribution is 9.10. The zero-order valence-corrected chi connectivity index (χ0v) is 13.8. The summed E-state index contributed by atoms with van der Waals surface area (Å²) in [6.45, 7) is 3.83. The van der Waals surface area contributed by atoms with Crippen LogP contribution in [0.2, 0.25) is 0 Å². The monoisotopic (exact) mass is 348 g/mol. The molecule has 1 atom stereocenters. The minimum atomic E-state index is -0.625. The van der Waals surface area contributed by atoms with Crippen molar-refractivity contribution in [3.8, 4) is 0 Å². The maximum absolute atomic E-state index is 10.7. The number of nitrogens with zero attached hydrogens (tertiary/aromatic N) is 2. The first kappa shape index (κ1) is 14.4. The Labute approximate surface area is 131 Å². The van der Waals surface area contributed by atoms with Crippen molar-refractivity contribution in [3.05, 3.63) is 51.4 Å². The number of rotatable bonds is 3. The lowest BCUT2D eigenvalue weighted by atomic mass is 10.0. The van der Waals surface area contributed by atoms with E-state index in [0.29, 0.717) is 6.42 Å². The summed E-state index contributed by atoms with van der Waals surface area (Å²) in [5.41, 5.74) is 3.57. The van der Waals surface area contributed by atoms with Gasteiger partial charge in [-0.1, -0.05) is 18.2 Å². The molecule has 1 unspecified atom stereocenters. The number of hydrogen-bond acceptors (Lipinski definition) is 3. The Morgan fingerprint density at radius 3 is 2.71 bits per heavy atom. The summed E-state index contributed by atoms with van der Waals surface area (Å²) in [5, 5.41) is 16.0. The minimum absolute atomic E-state index is 0.488. The summed E-state index contributed by atoms with van der Waals surface area (Å²) in [7, 11) is 1.89. The summed E-state index contributed by atoms with van der Waals surface area (Å²) in [4.78, 5) is 0. The quantitative estimate of drug-likeness (QED) is 0.782. The number of hydrogen-bond donors (Lipinski definition) is 1. The Hall–Kier alpha value is -1.59. The molecule has 1 N–H and O–H groups in total. The van der Waals surface area contributed by atoms with Crippen molar-refractivity contribution < 1.29 is 9.52 Å². The third-order valence-corrected chi connectivity index (χ3v) is 4.83. The number of aliphatic hydroxyl groups is 1. The highest BCUT2D eigenvalue weighted by Crippen LogP contribution is 2.33. The fraction of sp³-hybridized carbons (Fsp3) is 0.312. The minimum Gasteiger partial charge on any atom is -0.461 e. The molecule has 0 saturated heterocycles. The molecule has 0 aliphatic carbocycles. The van der Waals surface area contributed by atoms with Gasteiger partial charge >= 0.3 is 0 Å². The molecule has 2 heterocycles. The van der Waals surface area contributed by atoms with Crippen molar-refractivity contribution in [2.24, 2.45) is 7.05 Å². The molecule has 110 valence electrons.